The van der Waals surface area contributed by atoms with Crippen molar-refractivity contribution in [3.63, 3.8) is 0 Å². The summed E-state index contributed by atoms with van der Waals surface area (Å²) in [7, 11) is 2.16. The molecule has 0 unspecified atom stereocenters. The van der Waals surface area contributed by atoms with Crippen molar-refractivity contribution in [3.8, 4) is 6.07 Å². The van der Waals surface area contributed by atoms with E-state index in [1.165, 1.54) is 6.42 Å². The first-order chi connectivity index (χ1) is 15.4. The Morgan fingerprint density at radius 2 is 1.84 bits per heavy atom. The van der Waals surface area contributed by atoms with Crippen molar-refractivity contribution in [2.45, 2.75) is 38.6 Å². The van der Waals surface area contributed by atoms with Crippen LogP contribution in [-0.4, -0.2) is 72.0 Å². The summed E-state index contributed by atoms with van der Waals surface area (Å²) < 4.78 is 0. The smallest absolute Gasteiger partial charge is 0.272 e. The lowest BCUT2D eigenvalue weighted by Crippen LogP contribution is -2.52. The van der Waals surface area contributed by atoms with E-state index in [2.05, 4.69) is 45.9 Å². The van der Waals surface area contributed by atoms with E-state index in [-0.39, 0.29) is 11.4 Å². The molecule has 2 saturated heterocycles. The molecule has 2 aromatic heterocycles. The number of carbonyl (C=O) groups is 1. The van der Waals surface area contributed by atoms with Crippen LogP contribution in [0.3, 0.4) is 0 Å². The second-order valence-electron chi connectivity index (χ2n) is 9.33. The average molecular weight is 436 g/mol. The van der Waals surface area contributed by atoms with Gasteiger partial charge in [0.1, 0.15) is 11.8 Å². The van der Waals surface area contributed by atoms with Crippen LogP contribution in [0.25, 0.3) is 0 Å². The highest BCUT2D eigenvalue weighted by atomic mass is 16.1. The van der Waals surface area contributed by atoms with Gasteiger partial charge in [0.2, 0.25) is 0 Å². The Balaban J connectivity index is 1.63. The first kappa shape index (κ1) is 22.3. The van der Waals surface area contributed by atoms with Gasteiger partial charge in [-0.1, -0.05) is 0 Å². The Morgan fingerprint density at radius 3 is 2.50 bits per heavy atom. The number of nitrogens with zero attached hydrogens (tertiary/aromatic N) is 5. The van der Waals surface area contributed by atoms with Crippen LogP contribution in [0.5, 0.6) is 0 Å². The Kier molecular flexibility index (Phi) is 6.49. The predicted octanol–water partition coefficient (Wildman–Crippen LogP) is 3.01. The number of rotatable bonds is 5. The van der Waals surface area contributed by atoms with E-state index in [1.807, 2.05) is 18.2 Å². The molecule has 2 aromatic rings. The number of nitrogens with one attached hydrogen (secondary N) is 2. The van der Waals surface area contributed by atoms with Gasteiger partial charge in [-0.2, -0.15) is 5.26 Å². The minimum absolute atomic E-state index is 0.199. The first-order valence-corrected chi connectivity index (χ1v) is 11.5. The first-order valence-electron chi connectivity index (χ1n) is 11.5. The predicted molar refractivity (Wildman–Crippen MR) is 126 cm³/mol. The molecule has 0 saturated carbocycles. The van der Waals surface area contributed by atoms with Crippen LogP contribution < -0.4 is 10.2 Å². The Morgan fingerprint density at radius 1 is 1.12 bits per heavy atom. The van der Waals surface area contributed by atoms with Gasteiger partial charge in [-0.3, -0.25) is 9.69 Å². The van der Waals surface area contributed by atoms with E-state index in [9.17, 15) is 4.79 Å². The molecule has 1 amide bonds. The number of H-pyrrole nitrogens is 1. The molecule has 0 atom stereocenters. The molecule has 0 spiro atoms. The number of piperazine rings is 1. The van der Waals surface area contributed by atoms with Crippen LogP contribution in [0.2, 0.25) is 0 Å². The highest BCUT2D eigenvalue weighted by molar-refractivity contribution is 6.04. The van der Waals surface area contributed by atoms with Crippen LogP contribution >= 0.6 is 0 Å². The Bertz CT molecular complexity index is 992. The van der Waals surface area contributed by atoms with Gasteiger partial charge < -0.3 is 20.1 Å². The van der Waals surface area contributed by atoms with E-state index in [0.29, 0.717) is 16.9 Å². The number of amides is 1. The van der Waals surface area contributed by atoms with Crippen molar-refractivity contribution >= 4 is 17.4 Å². The molecule has 0 bridgehead atoms. The monoisotopic (exact) mass is 435 g/mol. The maximum atomic E-state index is 12.8. The number of pyridine rings is 1. The molecule has 2 aliphatic rings. The fraction of sp³-hybridized carbons (Fsp3) is 0.542. The summed E-state index contributed by atoms with van der Waals surface area (Å²) in [6, 6.07) is 7.63. The summed E-state index contributed by atoms with van der Waals surface area (Å²) in [4.78, 5) is 28.0. The normalized spacial score (nSPS) is 18.4. The molecule has 4 heterocycles. The molecule has 0 aliphatic carbocycles. The number of piperidine rings is 1. The fourth-order valence-electron chi connectivity index (χ4n) is 4.54. The number of hydrogen-bond donors (Lipinski definition) is 2. The molecule has 8 heteroatoms. The highest BCUT2D eigenvalue weighted by Crippen LogP contribution is 2.33. The standard InChI is InChI=1S/C24H33N7O/c1-24(2,31-13-11-29(3)12-14-31)21-8-7-19(22(28-21)30-9-5-4-6-10-30)27-23(32)20-15-18(16-25)17-26-20/h7-8,15,17,26H,4-6,9-14H2,1-3H3,(H,27,32). The maximum Gasteiger partial charge on any atom is 0.272 e. The number of hydrogen-bond acceptors (Lipinski definition) is 6. The quantitative estimate of drug-likeness (QED) is 0.750. The number of anilines is 2. The lowest BCUT2D eigenvalue weighted by Gasteiger charge is -2.43. The van der Waals surface area contributed by atoms with Crippen LogP contribution in [0.1, 0.15) is 54.9 Å². The topological polar surface area (TPSA) is 91.3 Å². The zero-order chi connectivity index (χ0) is 22.7. The Hall–Kier alpha value is -2.89. The second-order valence-corrected chi connectivity index (χ2v) is 9.33. The van der Waals surface area contributed by atoms with Crippen LogP contribution in [0.15, 0.2) is 24.4 Å². The molecule has 2 fully saturated rings. The van der Waals surface area contributed by atoms with Crippen LogP contribution in [0, 0.1) is 11.3 Å². The number of likely N-dealkylation sites (N-methyl/N-ethyl adjacent to an activating group) is 1. The number of carbonyl (C=O) groups excluding carboxylic acids is 1. The van der Waals surface area contributed by atoms with Crippen molar-refractivity contribution < 1.29 is 4.79 Å². The maximum absolute atomic E-state index is 12.8. The lowest BCUT2D eigenvalue weighted by atomic mass is 9.96. The minimum atomic E-state index is -0.266. The largest absolute Gasteiger partial charge is 0.356 e. The van der Waals surface area contributed by atoms with Crippen LogP contribution in [0.4, 0.5) is 11.5 Å². The third kappa shape index (κ3) is 4.64. The van der Waals surface area contributed by atoms with Gasteiger partial charge in [-0.15, -0.1) is 0 Å². The van der Waals surface area contributed by atoms with Crippen molar-refractivity contribution in [2.24, 2.45) is 0 Å². The van der Waals surface area contributed by atoms with Crippen molar-refractivity contribution in [2.75, 3.05) is 56.5 Å². The third-order valence-electron chi connectivity index (χ3n) is 6.76. The van der Waals surface area contributed by atoms with E-state index >= 15 is 0 Å². The van der Waals surface area contributed by atoms with E-state index in [0.717, 1.165) is 63.6 Å². The zero-order valence-corrected chi connectivity index (χ0v) is 19.3. The lowest BCUT2D eigenvalue weighted by molar-refractivity contribution is 0.0580. The molecule has 8 nitrogen and oxygen atoms in total. The summed E-state index contributed by atoms with van der Waals surface area (Å²) in [6.07, 6.45) is 5.02. The van der Waals surface area contributed by atoms with Gasteiger partial charge >= 0.3 is 0 Å². The fourth-order valence-corrected chi connectivity index (χ4v) is 4.54. The van der Waals surface area contributed by atoms with Gasteiger partial charge in [0.05, 0.1) is 22.5 Å². The molecule has 170 valence electrons. The molecule has 0 radical (unpaired) electrons. The molecule has 2 aliphatic heterocycles. The number of aromatic nitrogens is 2. The van der Waals surface area contributed by atoms with Gasteiger partial charge in [-0.05, 0) is 58.4 Å². The molecular weight excluding hydrogens is 402 g/mol. The summed E-state index contributed by atoms with van der Waals surface area (Å²) in [5, 5.41) is 12.1. The van der Waals surface area contributed by atoms with E-state index < -0.39 is 0 Å². The van der Waals surface area contributed by atoms with Gasteiger partial charge in [0, 0.05) is 45.5 Å². The minimum Gasteiger partial charge on any atom is -0.356 e. The number of aromatic amines is 1. The van der Waals surface area contributed by atoms with Crippen molar-refractivity contribution in [1.29, 1.82) is 5.26 Å². The highest BCUT2D eigenvalue weighted by Gasteiger charge is 2.33. The molecule has 4 rings (SSSR count). The van der Waals surface area contributed by atoms with Crippen molar-refractivity contribution in [3.05, 3.63) is 41.3 Å². The van der Waals surface area contributed by atoms with Gasteiger partial charge in [0.25, 0.3) is 5.91 Å². The zero-order valence-electron chi connectivity index (χ0n) is 19.3. The van der Waals surface area contributed by atoms with Crippen LogP contribution in [-0.2, 0) is 5.54 Å². The third-order valence-corrected chi connectivity index (χ3v) is 6.76. The number of nitriles is 1. The summed E-state index contributed by atoms with van der Waals surface area (Å²) >= 11 is 0. The molecular formula is C24H33N7O. The average Bonchev–Trinajstić information content (AvgIpc) is 3.30. The summed E-state index contributed by atoms with van der Waals surface area (Å²) in [6.45, 7) is 10.5. The van der Waals surface area contributed by atoms with Gasteiger partial charge in [0.15, 0.2) is 5.82 Å². The SMILES string of the molecule is CN1CCN(C(C)(C)c2ccc(NC(=O)c3cc(C#N)c[nH]3)c(N3CCCCC3)n2)CC1. The molecule has 32 heavy (non-hydrogen) atoms. The van der Waals surface area contributed by atoms with E-state index in [1.54, 1.807) is 12.3 Å². The van der Waals surface area contributed by atoms with E-state index in [4.69, 9.17) is 10.2 Å². The second kappa shape index (κ2) is 9.31. The van der Waals surface area contributed by atoms with Gasteiger partial charge in [-0.25, -0.2) is 4.98 Å². The Labute approximate surface area is 190 Å². The molecule has 2 N–H and O–H groups in total. The summed E-state index contributed by atoms with van der Waals surface area (Å²) in [5.41, 5.74) is 2.34. The van der Waals surface area contributed by atoms with Crippen molar-refractivity contribution in [1.82, 2.24) is 19.8 Å². The molecule has 0 aromatic carbocycles. The summed E-state index contributed by atoms with van der Waals surface area (Å²) in [5.74, 6) is 0.572.